The van der Waals surface area contributed by atoms with E-state index in [1.54, 1.807) is 4.70 Å². The van der Waals surface area contributed by atoms with Crippen LogP contribution in [0, 0.1) is 14.9 Å². The van der Waals surface area contributed by atoms with Crippen molar-refractivity contribution in [2.24, 2.45) is 0 Å². The molecule has 2 nitrogen and oxygen atoms in total. The van der Waals surface area contributed by atoms with Gasteiger partial charge in [-0.2, -0.15) is 0 Å². The third kappa shape index (κ3) is 22.5. The molecule has 0 aliphatic carbocycles. The molecule has 0 saturated carbocycles. The Morgan fingerprint density at radius 2 is 0.541 bits per heavy atom. The molecule has 0 saturated heterocycles. The number of unbranched alkanes of at least 4 members (excludes halogenated alkanes) is 22. The molecule has 3 rings (SSSR count). The van der Waals surface area contributed by atoms with Gasteiger partial charge >= 0.3 is 16.5 Å². The third-order valence-electron chi connectivity index (χ3n) is 12.8. The van der Waals surface area contributed by atoms with Gasteiger partial charge in [0.1, 0.15) is 0 Å². The number of hydrogen-bond donors (Lipinski definition) is 0. The Morgan fingerprint density at radius 1 is 0.311 bits per heavy atom. The molecule has 0 spiro atoms. The van der Waals surface area contributed by atoms with Crippen LogP contribution in [-0.2, 0) is 42.2 Å². The van der Waals surface area contributed by atoms with E-state index in [1.807, 2.05) is 0 Å². The van der Waals surface area contributed by atoms with E-state index in [4.69, 9.17) is 0 Å². The molecule has 2 aromatic rings. The molecule has 1 heterocycles. The van der Waals surface area contributed by atoms with Crippen LogP contribution in [0.4, 0.5) is 0 Å². The molecule has 0 fully saturated rings. The van der Waals surface area contributed by atoms with Gasteiger partial charge in [-0.25, -0.2) is 4.70 Å². The monoisotopic (exact) mass is 881 g/mol. The Labute approximate surface area is 391 Å². The van der Waals surface area contributed by atoms with E-state index in [9.17, 15) is 5.53 Å². The van der Waals surface area contributed by atoms with E-state index in [-0.39, 0.29) is 31.3 Å². The van der Waals surface area contributed by atoms with Crippen LogP contribution in [0.2, 0.25) is 0 Å². The Kier molecular flexibility index (Phi) is 36.2. The van der Waals surface area contributed by atoms with Crippen LogP contribution in [0.25, 0.3) is 16.9 Å². The number of aryl methyl sites for hydroxylation is 4. The summed E-state index contributed by atoms with van der Waals surface area (Å²) in [4.78, 5) is 0. The van der Waals surface area contributed by atoms with Crippen molar-refractivity contribution in [1.29, 1.82) is 0 Å². The summed E-state index contributed by atoms with van der Waals surface area (Å²) in [5.41, 5.74) is 25.9. The Balaban J connectivity index is 0.0000120. The molecule has 0 amide bonds. The van der Waals surface area contributed by atoms with Crippen molar-refractivity contribution in [3.05, 3.63) is 101 Å². The summed E-state index contributed by atoms with van der Waals surface area (Å²) in [5.74, 6) is 0. The van der Waals surface area contributed by atoms with Gasteiger partial charge in [0.2, 0.25) is 11.4 Å². The molecule has 61 heavy (non-hydrogen) atoms. The van der Waals surface area contributed by atoms with Crippen molar-refractivity contribution in [3.63, 3.8) is 0 Å². The topological polar surface area (TPSA) is 25.3 Å². The summed E-state index contributed by atoms with van der Waals surface area (Å²) in [6.45, 7) is 13.8. The normalized spacial score (nSPS) is 12.5. The minimum absolute atomic E-state index is 0. The van der Waals surface area contributed by atoms with E-state index >= 15 is 0 Å². The predicted octanol–water partition coefficient (Wildman–Crippen LogP) is 19.7. The maximum Gasteiger partial charge on any atom is 2.00 e. The second kappa shape index (κ2) is 37.4. The van der Waals surface area contributed by atoms with Gasteiger partial charge in [-0.15, -0.1) is 0 Å². The minimum atomic E-state index is 0. The zero-order chi connectivity index (χ0) is 41.6. The molecule has 0 aromatic heterocycles. The molecule has 0 atom stereocenters. The summed E-state index contributed by atoms with van der Waals surface area (Å²) in [7, 11) is 0. The van der Waals surface area contributed by atoms with Gasteiger partial charge in [0.25, 0.3) is 0 Å². The molecule has 1 aliphatic heterocycles. The average molecular weight is 882 g/mol. The van der Waals surface area contributed by atoms with Gasteiger partial charge in [-0.3, -0.25) is 0 Å². The Hall–Kier alpha value is -1.99. The number of allylic oxidation sites excluding steroid dienone is 2. The summed E-state index contributed by atoms with van der Waals surface area (Å²) in [6, 6.07) is 14.8. The van der Waals surface area contributed by atoms with Crippen LogP contribution < -0.4 is 0 Å². The number of nitrogens with zero attached hydrogens (tertiary/aromatic N) is 2. The van der Waals surface area contributed by atoms with Gasteiger partial charge < -0.3 is 20.4 Å². The maximum atomic E-state index is 12.7. The van der Waals surface area contributed by atoms with E-state index in [0.717, 1.165) is 75.6 Å². The molecular formula is C58H98N2Ni. The smallest absolute Gasteiger partial charge is 0.493 e. The van der Waals surface area contributed by atoms with Crippen molar-refractivity contribution in [2.75, 3.05) is 0 Å². The van der Waals surface area contributed by atoms with Crippen LogP contribution in [0.5, 0.6) is 0 Å². The number of benzene rings is 2. The predicted molar refractivity (Wildman–Crippen MR) is 271 cm³/mol. The zero-order valence-electron chi connectivity index (χ0n) is 41.7. The van der Waals surface area contributed by atoms with Crippen molar-refractivity contribution < 1.29 is 21.2 Å². The van der Waals surface area contributed by atoms with Crippen LogP contribution in [0.1, 0.15) is 268 Å². The molecule has 0 unspecified atom stereocenters. The van der Waals surface area contributed by atoms with Crippen LogP contribution in [-0.4, -0.2) is 4.70 Å². The van der Waals surface area contributed by atoms with E-state index in [1.165, 1.54) is 199 Å². The molecule has 2 aromatic carbocycles. The largest absolute Gasteiger partial charge is 2.00 e. The van der Waals surface area contributed by atoms with Crippen molar-refractivity contribution in [3.8, 4) is 0 Å². The van der Waals surface area contributed by atoms with Crippen LogP contribution >= 0.6 is 0 Å². The van der Waals surface area contributed by atoms with E-state index in [0.29, 0.717) is 0 Å². The third-order valence-corrected chi connectivity index (χ3v) is 12.8. The maximum absolute atomic E-state index is 12.7. The van der Waals surface area contributed by atoms with E-state index in [2.05, 4.69) is 77.9 Å². The molecule has 0 N–H and O–H groups in total. The van der Waals surface area contributed by atoms with Crippen molar-refractivity contribution in [1.82, 2.24) is 0 Å². The minimum Gasteiger partial charge on any atom is -0.493 e. The first kappa shape index (κ1) is 59.0. The molecule has 0 radical (unpaired) electrons. The molecule has 350 valence electrons. The van der Waals surface area contributed by atoms with Gasteiger partial charge in [0.05, 0.1) is 0 Å². The number of hydrogen-bond acceptors (Lipinski definition) is 0. The Morgan fingerprint density at radius 3 is 0.820 bits per heavy atom. The fourth-order valence-electron chi connectivity index (χ4n) is 9.26. The second-order valence-corrected chi connectivity index (χ2v) is 18.3. The first-order chi connectivity index (χ1) is 28.5. The fraction of sp³-hybridized carbons (Fsp3) is 0.690. The molecule has 3 heteroatoms. The van der Waals surface area contributed by atoms with Crippen LogP contribution in [0.15, 0.2) is 47.5 Å². The van der Waals surface area contributed by atoms with E-state index < -0.39 is 0 Å². The number of rotatable bonds is 36. The second-order valence-electron chi connectivity index (χ2n) is 18.3. The molecule has 0 bridgehead atoms. The summed E-state index contributed by atoms with van der Waals surface area (Å²) >= 11 is 0. The van der Waals surface area contributed by atoms with Gasteiger partial charge in [-0.1, -0.05) is 195 Å². The SMILES string of the molecule is CCCCCCCCCCCCc1cc(CCCCCCCCCCCC)cc(C2=C(CCCC)C(CCCC)=C(c3cc(CCCC)cc(CCCC)c3)[N+]2=[N-])c1.[CH3-].[CH3-].[Ni+2]. The van der Waals surface area contributed by atoms with Crippen molar-refractivity contribution in [2.45, 2.75) is 260 Å². The molecular weight excluding hydrogens is 783 g/mol. The Bertz CT molecular complexity index is 1410. The average Bonchev–Trinajstić information content (AvgIpc) is 3.51. The summed E-state index contributed by atoms with van der Waals surface area (Å²) in [5, 5.41) is 0. The molecule has 1 aliphatic rings. The standard InChI is InChI=1S/C56H92N2.2CH3.Ni/c1-7-13-19-21-23-25-27-29-31-33-37-49-42-50(38-34-32-30-28-26-24-22-20-14-8-2)46-52(45-49)56-54(40-18-12-6)53(39-17-11-5)55(58(56)57)51-43-47(35-15-9-3)41-48(44-51)36-16-10-4;;;/h41-46H,7-40H2,1-6H3;2*1H3;/q;2*-1;+2. The van der Waals surface area contributed by atoms with Gasteiger partial charge in [-0.05, 0) is 124 Å². The van der Waals surface area contributed by atoms with Gasteiger partial charge in [0.15, 0.2) is 0 Å². The van der Waals surface area contributed by atoms with Crippen molar-refractivity contribution >= 4 is 11.4 Å². The zero-order valence-corrected chi connectivity index (χ0v) is 42.7. The summed E-state index contributed by atoms with van der Waals surface area (Å²) < 4.78 is 1.68. The fourth-order valence-corrected chi connectivity index (χ4v) is 9.26. The first-order valence-corrected chi connectivity index (χ1v) is 25.7. The first-order valence-electron chi connectivity index (χ1n) is 25.7. The van der Waals surface area contributed by atoms with Crippen LogP contribution in [0.3, 0.4) is 0 Å². The quantitative estimate of drug-likeness (QED) is 0.0282. The summed E-state index contributed by atoms with van der Waals surface area (Å²) in [6.07, 6.45) is 43.4. The van der Waals surface area contributed by atoms with Gasteiger partial charge in [0, 0.05) is 22.3 Å².